The summed E-state index contributed by atoms with van der Waals surface area (Å²) in [6.07, 6.45) is 6.92. The number of unbranched alkanes of at least 4 members (excludes halogenated alkanes) is 2. The molecule has 0 bridgehead atoms. The van der Waals surface area contributed by atoms with E-state index in [2.05, 4.69) is 20.8 Å². The monoisotopic (exact) mass is 213 g/mol. The first-order chi connectivity index (χ1) is 7.02. The minimum absolute atomic E-state index is 0.231. The summed E-state index contributed by atoms with van der Waals surface area (Å²) in [5.41, 5.74) is 5.77. The van der Waals surface area contributed by atoms with Gasteiger partial charge in [-0.3, -0.25) is 4.79 Å². The van der Waals surface area contributed by atoms with Crippen LogP contribution in [0.5, 0.6) is 0 Å². The summed E-state index contributed by atoms with van der Waals surface area (Å²) in [5.74, 6) is 0.425. The molecule has 2 N–H and O–H groups in total. The first-order valence-electron chi connectivity index (χ1n) is 6.23. The van der Waals surface area contributed by atoms with Crippen LogP contribution in [0, 0.1) is 5.41 Å². The molecule has 0 amide bonds. The van der Waals surface area contributed by atoms with E-state index < -0.39 is 0 Å². The number of Topliss-reactive ketones (excluding diaryl/α,β-unsaturated/α-hetero) is 1. The second-order valence-corrected chi connectivity index (χ2v) is 5.20. The predicted octanol–water partition coefficient (Wildman–Crippen LogP) is 3.29. The van der Waals surface area contributed by atoms with Crippen molar-refractivity contribution in [3.8, 4) is 0 Å². The highest BCUT2D eigenvalue weighted by Crippen LogP contribution is 2.26. The van der Waals surface area contributed by atoms with Crippen molar-refractivity contribution in [2.75, 3.05) is 6.54 Å². The zero-order valence-corrected chi connectivity index (χ0v) is 10.6. The number of hydrogen-bond donors (Lipinski definition) is 1. The molecule has 0 unspecified atom stereocenters. The number of rotatable bonds is 9. The largest absolute Gasteiger partial charge is 0.330 e. The van der Waals surface area contributed by atoms with Gasteiger partial charge in [0.25, 0.3) is 0 Å². The van der Waals surface area contributed by atoms with Crippen molar-refractivity contribution in [2.24, 2.45) is 11.1 Å². The SMILES string of the molecule is CCCCCC(=O)CCC(C)(C)CCN. The maximum Gasteiger partial charge on any atom is 0.132 e. The molecule has 0 radical (unpaired) electrons. The molecule has 0 atom stereocenters. The molecule has 0 aromatic rings. The zero-order valence-electron chi connectivity index (χ0n) is 10.6. The third-order valence-electron chi connectivity index (χ3n) is 2.96. The Labute approximate surface area is 94.6 Å². The molecule has 0 rings (SSSR count). The van der Waals surface area contributed by atoms with E-state index in [1.807, 2.05) is 0 Å². The summed E-state index contributed by atoms with van der Waals surface area (Å²) in [5, 5.41) is 0. The maximum atomic E-state index is 11.5. The van der Waals surface area contributed by atoms with Gasteiger partial charge < -0.3 is 5.73 Å². The Morgan fingerprint density at radius 2 is 1.80 bits per heavy atom. The van der Waals surface area contributed by atoms with Crippen molar-refractivity contribution in [2.45, 2.75) is 65.7 Å². The van der Waals surface area contributed by atoms with E-state index in [-0.39, 0.29) is 5.41 Å². The van der Waals surface area contributed by atoms with Crippen LogP contribution in [0.3, 0.4) is 0 Å². The number of ketones is 1. The van der Waals surface area contributed by atoms with E-state index in [4.69, 9.17) is 5.73 Å². The highest BCUT2D eigenvalue weighted by Gasteiger charge is 2.17. The Morgan fingerprint density at radius 3 is 2.33 bits per heavy atom. The van der Waals surface area contributed by atoms with Gasteiger partial charge >= 0.3 is 0 Å². The van der Waals surface area contributed by atoms with Gasteiger partial charge in [-0.05, 0) is 31.2 Å². The van der Waals surface area contributed by atoms with Gasteiger partial charge in [-0.2, -0.15) is 0 Å². The van der Waals surface area contributed by atoms with Gasteiger partial charge in [0.05, 0.1) is 0 Å². The van der Waals surface area contributed by atoms with Crippen LogP contribution in [0.1, 0.15) is 65.7 Å². The predicted molar refractivity (Wildman–Crippen MR) is 65.8 cm³/mol. The molecule has 0 spiro atoms. The molecular weight excluding hydrogens is 186 g/mol. The van der Waals surface area contributed by atoms with Gasteiger partial charge in [0.2, 0.25) is 0 Å². The van der Waals surface area contributed by atoms with E-state index in [1.165, 1.54) is 12.8 Å². The molecule has 15 heavy (non-hydrogen) atoms. The van der Waals surface area contributed by atoms with Gasteiger partial charge in [-0.25, -0.2) is 0 Å². The summed E-state index contributed by atoms with van der Waals surface area (Å²) >= 11 is 0. The average molecular weight is 213 g/mol. The normalized spacial score (nSPS) is 11.7. The smallest absolute Gasteiger partial charge is 0.132 e. The van der Waals surface area contributed by atoms with Crippen molar-refractivity contribution >= 4 is 5.78 Å². The molecule has 0 aliphatic rings. The Bertz CT molecular complexity index is 175. The lowest BCUT2D eigenvalue weighted by Crippen LogP contribution is -2.18. The second-order valence-electron chi connectivity index (χ2n) is 5.20. The Morgan fingerprint density at radius 1 is 1.13 bits per heavy atom. The van der Waals surface area contributed by atoms with E-state index >= 15 is 0 Å². The third kappa shape index (κ3) is 8.61. The molecular formula is C13H27NO. The van der Waals surface area contributed by atoms with Crippen molar-refractivity contribution in [1.29, 1.82) is 0 Å². The molecule has 0 saturated heterocycles. The van der Waals surface area contributed by atoms with Crippen molar-refractivity contribution < 1.29 is 4.79 Å². The quantitative estimate of drug-likeness (QED) is 0.597. The fourth-order valence-electron chi connectivity index (χ4n) is 1.69. The Hall–Kier alpha value is -0.370. The first kappa shape index (κ1) is 14.6. The van der Waals surface area contributed by atoms with Crippen molar-refractivity contribution in [3.63, 3.8) is 0 Å². The van der Waals surface area contributed by atoms with E-state index in [0.717, 1.165) is 38.6 Å². The fraction of sp³-hybridized carbons (Fsp3) is 0.923. The Balaban J connectivity index is 3.60. The highest BCUT2D eigenvalue weighted by atomic mass is 16.1. The van der Waals surface area contributed by atoms with Crippen LogP contribution in [0.4, 0.5) is 0 Å². The van der Waals surface area contributed by atoms with Gasteiger partial charge in [0, 0.05) is 12.8 Å². The van der Waals surface area contributed by atoms with Crippen molar-refractivity contribution in [3.05, 3.63) is 0 Å². The standard InChI is InChI=1S/C13H27NO/c1-4-5-6-7-12(15)8-9-13(2,3)10-11-14/h4-11,14H2,1-3H3. The van der Waals surface area contributed by atoms with Crippen molar-refractivity contribution in [1.82, 2.24) is 0 Å². The van der Waals surface area contributed by atoms with Crippen LogP contribution in [0.15, 0.2) is 0 Å². The average Bonchev–Trinajstić information content (AvgIpc) is 2.15. The Kier molecular flexibility index (Phi) is 7.67. The first-order valence-corrected chi connectivity index (χ1v) is 6.23. The number of carbonyl (C=O) groups excluding carboxylic acids is 1. The van der Waals surface area contributed by atoms with Crippen LogP contribution in [0.2, 0.25) is 0 Å². The number of nitrogens with two attached hydrogens (primary N) is 1. The molecule has 0 heterocycles. The zero-order chi connectivity index (χ0) is 11.7. The molecule has 0 aliphatic heterocycles. The lowest BCUT2D eigenvalue weighted by Gasteiger charge is -2.23. The number of carbonyl (C=O) groups is 1. The summed E-state index contributed by atoms with van der Waals surface area (Å²) in [4.78, 5) is 11.5. The van der Waals surface area contributed by atoms with E-state index in [1.54, 1.807) is 0 Å². The lowest BCUT2D eigenvalue weighted by molar-refractivity contribution is -0.119. The molecule has 2 heteroatoms. The van der Waals surface area contributed by atoms with E-state index in [9.17, 15) is 4.79 Å². The fourth-order valence-corrected chi connectivity index (χ4v) is 1.69. The molecule has 0 aliphatic carbocycles. The summed E-state index contributed by atoms with van der Waals surface area (Å²) in [7, 11) is 0. The molecule has 0 fully saturated rings. The molecule has 0 aromatic carbocycles. The minimum Gasteiger partial charge on any atom is -0.330 e. The lowest BCUT2D eigenvalue weighted by atomic mass is 9.83. The van der Waals surface area contributed by atoms with Crippen LogP contribution < -0.4 is 5.73 Å². The molecule has 0 saturated carbocycles. The third-order valence-corrected chi connectivity index (χ3v) is 2.96. The van der Waals surface area contributed by atoms with Gasteiger partial charge in [-0.15, -0.1) is 0 Å². The highest BCUT2D eigenvalue weighted by molar-refractivity contribution is 5.78. The van der Waals surface area contributed by atoms with Crippen LogP contribution in [-0.2, 0) is 4.79 Å². The minimum atomic E-state index is 0.231. The van der Waals surface area contributed by atoms with Gasteiger partial charge in [0.1, 0.15) is 5.78 Å². The van der Waals surface area contributed by atoms with Gasteiger partial charge in [0.15, 0.2) is 0 Å². The second kappa shape index (κ2) is 7.86. The topological polar surface area (TPSA) is 43.1 Å². The van der Waals surface area contributed by atoms with E-state index in [0.29, 0.717) is 5.78 Å². The molecule has 90 valence electrons. The van der Waals surface area contributed by atoms with Gasteiger partial charge in [-0.1, -0.05) is 33.6 Å². The maximum absolute atomic E-state index is 11.5. The number of hydrogen-bond acceptors (Lipinski definition) is 2. The molecule has 2 nitrogen and oxygen atoms in total. The van der Waals surface area contributed by atoms with Crippen LogP contribution in [0.25, 0.3) is 0 Å². The summed E-state index contributed by atoms with van der Waals surface area (Å²) < 4.78 is 0. The summed E-state index contributed by atoms with van der Waals surface area (Å²) in [6.45, 7) is 7.27. The van der Waals surface area contributed by atoms with Crippen LogP contribution in [-0.4, -0.2) is 12.3 Å². The van der Waals surface area contributed by atoms with Crippen LogP contribution >= 0.6 is 0 Å². The molecule has 0 aromatic heterocycles. The summed E-state index contributed by atoms with van der Waals surface area (Å²) in [6, 6.07) is 0.